The molecule has 1 unspecified atom stereocenters. The molecule has 6 heteroatoms. The van der Waals surface area contributed by atoms with Crippen LogP contribution in [0.4, 0.5) is 11.4 Å². The first-order chi connectivity index (χ1) is 13.9. The summed E-state index contributed by atoms with van der Waals surface area (Å²) >= 11 is 12.2. The van der Waals surface area contributed by atoms with E-state index in [0.717, 1.165) is 11.1 Å². The SMILES string of the molecule is Cc1ccc(C2(C(=O)Nc3cccc(Cl)c3)CC(=O)N2c2cccc(Cl)c2)cc1. The molecule has 0 spiro atoms. The maximum Gasteiger partial charge on any atom is 0.255 e. The first-order valence-corrected chi connectivity index (χ1v) is 9.88. The molecular formula is C23H18Cl2N2O2. The van der Waals surface area contributed by atoms with Crippen molar-refractivity contribution in [2.45, 2.75) is 18.9 Å². The van der Waals surface area contributed by atoms with Gasteiger partial charge in [0.25, 0.3) is 5.91 Å². The Kier molecular flexibility index (Phi) is 5.07. The minimum absolute atomic E-state index is 0.0645. The second-order valence-corrected chi connectivity index (χ2v) is 7.95. The molecule has 146 valence electrons. The summed E-state index contributed by atoms with van der Waals surface area (Å²) in [6.45, 7) is 1.98. The van der Waals surface area contributed by atoms with Gasteiger partial charge >= 0.3 is 0 Å². The fourth-order valence-electron chi connectivity index (χ4n) is 3.65. The molecule has 0 aromatic heterocycles. The Morgan fingerprint density at radius 2 is 1.62 bits per heavy atom. The fourth-order valence-corrected chi connectivity index (χ4v) is 4.03. The lowest BCUT2D eigenvalue weighted by atomic mass is 9.75. The van der Waals surface area contributed by atoms with Crippen molar-refractivity contribution in [1.82, 2.24) is 0 Å². The van der Waals surface area contributed by atoms with Gasteiger partial charge in [-0.05, 0) is 48.9 Å². The Morgan fingerprint density at radius 1 is 0.966 bits per heavy atom. The van der Waals surface area contributed by atoms with Crippen molar-refractivity contribution >= 4 is 46.4 Å². The molecular weight excluding hydrogens is 407 g/mol. The minimum Gasteiger partial charge on any atom is -0.324 e. The third-order valence-electron chi connectivity index (χ3n) is 5.09. The van der Waals surface area contributed by atoms with Crippen molar-refractivity contribution in [3.8, 4) is 0 Å². The number of hydrogen-bond acceptors (Lipinski definition) is 2. The van der Waals surface area contributed by atoms with E-state index in [9.17, 15) is 9.59 Å². The third-order valence-corrected chi connectivity index (χ3v) is 5.56. The van der Waals surface area contributed by atoms with Crippen molar-refractivity contribution in [3.05, 3.63) is 94.0 Å². The van der Waals surface area contributed by atoms with E-state index in [1.165, 1.54) is 4.90 Å². The number of carbonyl (C=O) groups is 2. The molecule has 3 aromatic rings. The number of aryl methyl sites for hydroxylation is 1. The lowest BCUT2D eigenvalue weighted by Crippen LogP contribution is -2.67. The zero-order valence-electron chi connectivity index (χ0n) is 15.7. The van der Waals surface area contributed by atoms with Crippen molar-refractivity contribution in [2.24, 2.45) is 0 Å². The molecule has 0 bridgehead atoms. The predicted octanol–water partition coefficient (Wildman–Crippen LogP) is 5.57. The summed E-state index contributed by atoms with van der Waals surface area (Å²) in [6, 6.07) is 21.5. The molecule has 2 amide bonds. The third kappa shape index (κ3) is 3.50. The molecule has 1 fully saturated rings. The Morgan fingerprint density at radius 3 is 2.24 bits per heavy atom. The number of rotatable bonds is 4. The summed E-state index contributed by atoms with van der Waals surface area (Å²) in [5.74, 6) is -0.447. The van der Waals surface area contributed by atoms with E-state index in [4.69, 9.17) is 23.2 Å². The van der Waals surface area contributed by atoms with Crippen LogP contribution in [0.3, 0.4) is 0 Å². The molecule has 0 saturated carbocycles. The molecule has 0 aliphatic carbocycles. The summed E-state index contributed by atoms with van der Waals surface area (Å²) in [4.78, 5) is 27.8. The van der Waals surface area contributed by atoms with Crippen molar-refractivity contribution in [3.63, 3.8) is 0 Å². The van der Waals surface area contributed by atoms with Gasteiger partial charge in [-0.3, -0.25) is 14.5 Å². The van der Waals surface area contributed by atoms with E-state index in [2.05, 4.69) is 5.32 Å². The Balaban J connectivity index is 1.80. The Hall–Kier alpha value is -2.82. The summed E-state index contributed by atoms with van der Waals surface area (Å²) in [6.07, 6.45) is 0.0645. The highest BCUT2D eigenvalue weighted by molar-refractivity contribution is 6.31. The van der Waals surface area contributed by atoms with Crippen LogP contribution in [-0.4, -0.2) is 11.8 Å². The predicted molar refractivity (Wildman–Crippen MR) is 116 cm³/mol. The van der Waals surface area contributed by atoms with Gasteiger partial charge in [0.15, 0.2) is 5.54 Å². The number of halogens is 2. The van der Waals surface area contributed by atoms with Crippen LogP contribution in [0.5, 0.6) is 0 Å². The smallest absolute Gasteiger partial charge is 0.255 e. The number of benzene rings is 3. The van der Waals surface area contributed by atoms with Gasteiger partial charge in [-0.25, -0.2) is 0 Å². The van der Waals surface area contributed by atoms with Gasteiger partial charge in [0.2, 0.25) is 5.91 Å². The number of nitrogens with one attached hydrogen (secondary N) is 1. The van der Waals surface area contributed by atoms with E-state index in [0.29, 0.717) is 21.4 Å². The number of β-lactam (4-membered cyclic amide) rings is 1. The van der Waals surface area contributed by atoms with E-state index >= 15 is 0 Å². The molecule has 1 saturated heterocycles. The summed E-state index contributed by atoms with van der Waals surface area (Å²) in [5, 5.41) is 3.94. The van der Waals surface area contributed by atoms with Crippen LogP contribution in [0.25, 0.3) is 0 Å². The van der Waals surface area contributed by atoms with Gasteiger partial charge in [0.1, 0.15) is 0 Å². The lowest BCUT2D eigenvalue weighted by molar-refractivity contribution is -0.137. The Labute approximate surface area is 179 Å². The summed E-state index contributed by atoms with van der Waals surface area (Å²) in [5.41, 5.74) is 1.79. The van der Waals surface area contributed by atoms with Crippen LogP contribution in [-0.2, 0) is 15.1 Å². The monoisotopic (exact) mass is 424 g/mol. The topological polar surface area (TPSA) is 49.4 Å². The molecule has 0 radical (unpaired) electrons. The van der Waals surface area contributed by atoms with Gasteiger partial charge in [-0.1, -0.05) is 65.2 Å². The van der Waals surface area contributed by atoms with Crippen molar-refractivity contribution in [1.29, 1.82) is 0 Å². The quantitative estimate of drug-likeness (QED) is 0.556. The number of hydrogen-bond donors (Lipinski definition) is 1. The van der Waals surface area contributed by atoms with E-state index in [1.807, 2.05) is 31.2 Å². The fraction of sp³-hybridized carbons (Fsp3) is 0.130. The molecule has 29 heavy (non-hydrogen) atoms. The van der Waals surface area contributed by atoms with Crippen LogP contribution in [0.15, 0.2) is 72.8 Å². The van der Waals surface area contributed by atoms with Gasteiger partial charge in [-0.15, -0.1) is 0 Å². The molecule has 1 aliphatic rings. The first-order valence-electron chi connectivity index (χ1n) is 9.13. The Bertz CT molecular complexity index is 1100. The average Bonchev–Trinajstić information content (AvgIpc) is 2.66. The maximum atomic E-state index is 13.5. The summed E-state index contributed by atoms with van der Waals surface area (Å²) in [7, 11) is 0. The molecule has 1 atom stereocenters. The highest BCUT2D eigenvalue weighted by Crippen LogP contribution is 2.46. The number of carbonyl (C=O) groups excluding carboxylic acids is 2. The van der Waals surface area contributed by atoms with E-state index < -0.39 is 5.54 Å². The van der Waals surface area contributed by atoms with E-state index in [-0.39, 0.29) is 18.2 Å². The van der Waals surface area contributed by atoms with Gasteiger partial charge < -0.3 is 5.32 Å². The van der Waals surface area contributed by atoms with Gasteiger partial charge in [0.05, 0.1) is 6.42 Å². The second-order valence-electron chi connectivity index (χ2n) is 7.08. The summed E-state index contributed by atoms with van der Waals surface area (Å²) < 4.78 is 0. The molecule has 1 N–H and O–H groups in total. The zero-order chi connectivity index (χ0) is 20.6. The molecule has 4 nitrogen and oxygen atoms in total. The zero-order valence-corrected chi connectivity index (χ0v) is 17.2. The van der Waals surface area contributed by atoms with Crippen LogP contribution in [0.2, 0.25) is 10.0 Å². The van der Waals surface area contributed by atoms with Crippen LogP contribution < -0.4 is 10.2 Å². The van der Waals surface area contributed by atoms with E-state index in [1.54, 1.807) is 48.5 Å². The second kappa shape index (κ2) is 7.54. The highest BCUT2D eigenvalue weighted by Gasteiger charge is 2.58. The molecule has 1 aliphatic heterocycles. The maximum absolute atomic E-state index is 13.5. The van der Waals surface area contributed by atoms with Crippen molar-refractivity contribution < 1.29 is 9.59 Å². The molecule has 4 rings (SSSR count). The minimum atomic E-state index is -1.17. The largest absolute Gasteiger partial charge is 0.324 e. The first kappa shape index (κ1) is 19.5. The lowest BCUT2D eigenvalue weighted by Gasteiger charge is -2.50. The molecule has 1 heterocycles. The standard InChI is InChI=1S/C23H18Cl2N2O2/c1-15-8-10-16(11-9-15)23(22(29)26-19-6-2-4-17(24)12-19)14-21(28)27(23)20-7-3-5-18(25)13-20/h2-13H,14H2,1H3,(H,26,29). The van der Waals surface area contributed by atoms with Crippen LogP contribution in [0.1, 0.15) is 17.5 Å². The highest BCUT2D eigenvalue weighted by atomic mass is 35.5. The molecule has 3 aromatic carbocycles. The van der Waals surface area contributed by atoms with Crippen LogP contribution >= 0.6 is 23.2 Å². The van der Waals surface area contributed by atoms with Crippen LogP contribution in [0, 0.1) is 6.92 Å². The normalized spacial score (nSPS) is 18.3. The van der Waals surface area contributed by atoms with Gasteiger partial charge in [0, 0.05) is 21.4 Å². The number of anilines is 2. The average molecular weight is 425 g/mol. The van der Waals surface area contributed by atoms with Crippen molar-refractivity contribution in [2.75, 3.05) is 10.2 Å². The number of amides is 2. The number of nitrogens with zero attached hydrogens (tertiary/aromatic N) is 1. The van der Waals surface area contributed by atoms with Gasteiger partial charge in [-0.2, -0.15) is 0 Å².